The summed E-state index contributed by atoms with van der Waals surface area (Å²) in [5.74, 6) is 3.54. The van der Waals surface area contributed by atoms with Crippen LogP contribution in [0.3, 0.4) is 0 Å². The largest absolute Gasteiger partial charge is 0.459 e. The van der Waals surface area contributed by atoms with Crippen molar-refractivity contribution in [3.05, 3.63) is 47.7 Å². The number of aryl methyl sites for hydroxylation is 1. The number of guanidine groups is 1. The summed E-state index contributed by atoms with van der Waals surface area (Å²) >= 11 is 0. The van der Waals surface area contributed by atoms with Gasteiger partial charge in [-0.3, -0.25) is 0 Å². The summed E-state index contributed by atoms with van der Waals surface area (Å²) in [6, 6.07) is 10.7. The Balaban J connectivity index is 1.51. The van der Waals surface area contributed by atoms with Crippen LogP contribution in [0, 0.1) is 6.92 Å². The van der Waals surface area contributed by atoms with E-state index < -0.39 is 0 Å². The number of benzene rings is 1. The number of nitrogens with one attached hydrogen (secondary N) is 1. The lowest BCUT2D eigenvalue weighted by Crippen LogP contribution is -2.39. The average Bonchev–Trinajstić information content (AvgIpc) is 3.27. The zero-order valence-electron chi connectivity index (χ0n) is 15.4. The van der Waals surface area contributed by atoms with E-state index in [0.29, 0.717) is 19.1 Å². The molecule has 2 heterocycles. The van der Waals surface area contributed by atoms with Crippen molar-refractivity contribution < 1.29 is 4.42 Å². The molecule has 4 rings (SSSR count). The van der Waals surface area contributed by atoms with Crippen LogP contribution in [-0.2, 0) is 20.1 Å². The highest BCUT2D eigenvalue weighted by Gasteiger charge is 2.24. The van der Waals surface area contributed by atoms with Gasteiger partial charge in [0, 0.05) is 25.5 Å². The van der Waals surface area contributed by atoms with Crippen molar-refractivity contribution in [2.45, 2.75) is 38.9 Å². The summed E-state index contributed by atoms with van der Waals surface area (Å²) in [6.07, 6.45) is 2.39. The van der Waals surface area contributed by atoms with Crippen LogP contribution in [0.4, 0.5) is 0 Å². The first-order chi connectivity index (χ1) is 12.6. The minimum Gasteiger partial charge on any atom is -0.459 e. The summed E-state index contributed by atoms with van der Waals surface area (Å²) in [5.41, 5.74) is 0.916. The van der Waals surface area contributed by atoms with E-state index in [1.807, 2.05) is 43.8 Å². The van der Waals surface area contributed by atoms with E-state index in [2.05, 4.69) is 32.5 Å². The summed E-state index contributed by atoms with van der Waals surface area (Å²) in [5, 5.41) is 12.9. The fourth-order valence-corrected chi connectivity index (χ4v) is 2.84. The van der Waals surface area contributed by atoms with Crippen LogP contribution in [0.15, 0.2) is 39.7 Å². The zero-order valence-corrected chi connectivity index (χ0v) is 15.4. The minimum absolute atomic E-state index is 0.497. The minimum atomic E-state index is 0.497. The maximum absolute atomic E-state index is 5.94. The molecule has 1 N–H and O–H groups in total. The summed E-state index contributed by atoms with van der Waals surface area (Å²) in [4.78, 5) is 6.86. The molecular formula is C19H24N6O. The van der Waals surface area contributed by atoms with Crippen molar-refractivity contribution in [2.24, 2.45) is 12.0 Å². The molecule has 0 unspecified atom stereocenters. The SMILES string of the molecule is Cc1nnc(CN=C(NC2CC2)N(C)Cc2cc3ccccc3o2)n1C. The highest BCUT2D eigenvalue weighted by atomic mass is 16.3. The molecule has 1 fully saturated rings. The van der Waals surface area contributed by atoms with Gasteiger partial charge in [-0.05, 0) is 31.9 Å². The van der Waals surface area contributed by atoms with Gasteiger partial charge in [0.1, 0.15) is 23.7 Å². The molecule has 0 bridgehead atoms. The number of aromatic nitrogens is 3. The molecule has 26 heavy (non-hydrogen) atoms. The number of aliphatic imine (C=N–C) groups is 1. The third-order valence-corrected chi connectivity index (χ3v) is 4.69. The smallest absolute Gasteiger partial charge is 0.194 e. The molecule has 0 atom stereocenters. The van der Waals surface area contributed by atoms with Gasteiger partial charge in [-0.2, -0.15) is 0 Å². The number of furan rings is 1. The summed E-state index contributed by atoms with van der Waals surface area (Å²) in [6.45, 7) is 3.10. The normalized spacial score (nSPS) is 14.8. The van der Waals surface area contributed by atoms with Gasteiger partial charge in [0.25, 0.3) is 0 Å². The second-order valence-electron chi connectivity index (χ2n) is 6.89. The van der Waals surface area contributed by atoms with Crippen LogP contribution in [0.1, 0.15) is 30.3 Å². The van der Waals surface area contributed by atoms with Crippen LogP contribution in [0.5, 0.6) is 0 Å². The molecule has 7 nitrogen and oxygen atoms in total. The molecule has 136 valence electrons. The lowest BCUT2D eigenvalue weighted by Gasteiger charge is -2.21. The second kappa shape index (κ2) is 6.82. The molecule has 3 aromatic rings. The third-order valence-electron chi connectivity index (χ3n) is 4.69. The Bertz CT molecular complexity index is 904. The molecule has 1 aromatic carbocycles. The fraction of sp³-hybridized carbons (Fsp3) is 0.421. The van der Waals surface area contributed by atoms with Gasteiger partial charge in [0.05, 0.1) is 6.54 Å². The first-order valence-electron chi connectivity index (χ1n) is 8.94. The molecule has 0 amide bonds. The van der Waals surface area contributed by atoms with Crippen LogP contribution in [0.25, 0.3) is 11.0 Å². The van der Waals surface area contributed by atoms with Gasteiger partial charge in [-0.15, -0.1) is 10.2 Å². The number of para-hydroxylation sites is 1. The number of rotatable bonds is 5. The van der Waals surface area contributed by atoms with Gasteiger partial charge in [-0.1, -0.05) is 18.2 Å². The lowest BCUT2D eigenvalue weighted by atomic mass is 10.2. The Morgan fingerprint density at radius 1 is 1.35 bits per heavy atom. The van der Waals surface area contributed by atoms with E-state index in [1.165, 1.54) is 12.8 Å². The van der Waals surface area contributed by atoms with Crippen LogP contribution in [-0.4, -0.2) is 38.7 Å². The molecule has 0 saturated heterocycles. The highest BCUT2D eigenvalue weighted by molar-refractivity contribution is 5.81. The zero-order chi connectivity index (χ0) is 18.1. The monoisotopic (exact) mass is 352 g/mol. The highest BCUT2D eigenvalue weighted by Crippen LogP contribution is 2.21. The van der Waals surface area contributed by atoms with Crippen LogP contribution in [0.2, 0.25) is 0 Å². The number of fused-ring (bicyclic) bond motifs is 1. The van der Waals surface area contributed by atoms with E-state index in [-0.39, 0.29) is 0 Å². The van der Waals surface area contributed by atoms with Gasteiger partial charge in [0.15, 0.2) is 11.8 Å². The maximum Gasteiger partial charge on any atom is 0.194 e. The van der Waals surface area contributed by atoms with Crippen molar-refractivity contribution >= 4 is 16.9 Å². The molecule has 2 aromatic heterocycles. The standard InChI is InChI=1S/C19H24N6O/c1-13-22-23-18(25(13)3)11-20-19(21-15-8-9-15)24(2)12-16-10-14-6-4-5-7-17(14)26-16/h4-7,10,15H,8-9,11-12H2,1-3H3,(H,20,21). The average molecular weight is 352 g/mol. The quantitative estimate of drug-likeness (QED) is 0.564. The predicted octanol–water partition coefficient (Wildman–Crippen LogP) is 2.61. The van der Waals surface area contributed by atoms with Crippen molar-refractivity contribution in [2.75, 3.05) is 7.05 Å². The van der Waals surface area contributed by atoms with E-state index in [4.69, 9.17) is 9.41 Å². The Morgan fingerprint density at radius 3 is 2.85 bits per heavy atom. The third kappa shape index (κ3) is 3.56. The van der Waals surface area contributed by atoms with Crippen LogP contribution < -0.4 is 5.32 Å². The molecule has 0 spiro atoms. The number of hydrogen-bond donors (Lipinski definition) is 1. The first-order valence-corrected chi connectivity index (χ1v) is 8.94. The molecule has 0 radical (unpaired) electrons. The second-order valence-corrected chi connectivity index (χ2v) is 6.89. The molecule has 0 aliphatic heterocycles. The van der Waals surface area contributed by atoms with Crippen LogP contribution >= 0.6 is 0 Å². The number of nitrogens with zero attached hydrogens (tertiary/aromatic N) is 5. The predicted molar refractivity (Wildman–Crippen MR) is 101 cm³/mol. The number of hydrogen-bond acceptors (Lipinski definition) is 4. The van der Waals surface area contributed by atoms with Crippen molar-refractivity contribution in [3.8, 4) is 0 Å². The maximum atomic E-state index is 5.94. The Labute approximate surface area is 152 Å². The van der Waals surface area contributed by atoms with Crippen molar-refractivity contribution in [1.82, 2.24) is 25.0 Å². The Hall–Kier alpha value is -2.83. The summed E-state index contributed by atoms with van der Waals surface area (Å²) in [7, 11) is 4.00. The lowest BCUT2D eigenvalue weighted by molar-refractivity contribution is 0.411. The molecule has 1 aliphatic carbocycles. The van der Waals surface area contributed by atoms with Gasteiger partial charge < -0.3 is 19.2 Å². The van der Waals surface area contributed by atoms with Gasteiger partial charge in [-0.25, -0.2) is 4.99 Å². The molecular weight excluding hydrogens is 328 g/mol. The Morgan fingerprint density at radius 2 is 2.15 bits per heavy atom. The molecule has 7 heteroatoms. The van der Waals surface area contributed by atoms with Crippen molar-refractivity contribution in [3.63, 3.8) is 0 Å². The van der Waals surface area contributed by atoms with E-state index in [9.17, 15) is 0 Å². The van der Waals surface area contributed by atoms with Crippen molar-refractivity contribution in [1.29, 1.82) is 0 Å². The first kappa shape index (κ1) is 16.6. The molecule has 1 saturated carbocycles. The van der Waals surface area contributed by atoms with E-state index in [0.717, 1.165) is 34.3 Å². The molecule has 1 aliphatic rings. The summed E-state index contributed by atoms with van der Waals surface area (Å²) < 4.78 is 7.91. The van der Waals surface area contributed by atoms with Gasteiger partial charge in [0.2, 0.25) is 0 Å². The fourth-order valence-electron chi connectivity index (χ4n) is 2.84. The van der Waals surface area contributed by atoms with E-state index >= 15 is 0 Å². The topological polar surface area (TPSA) is 71.5 Å². The van der Waals surface area contributed by atoms with Gasteiger partial charge >= 0.3 is 0 Å². The Kier molecular flexibility index (Phi) is 4.36. The van der Waals surface area contributed by atoms with E-state index in [1.54, 1.807) is 0 Å².